The highest BCUT2D eigenvalue weighted by atomic mass is 32.2. The quantitative estimate of drug-likeness (QED) is 0.490. The van der Waals surface area contributed by atoms with Crippen LogP contribution in [0.4, 0.5) is 11.6 Å². The maximum atomic E-state index is 11.3. The van der Waals surface area contributed by atoms with Crippen LogP contribution in [0.3, 0.4) is 0 Å². The molecule has 1 aliphatic heterocycles. The van der Waals surface area contributed by atoms with E-state index in [9.17, 15) is 10.1 Å². The lowest BCUT2D eigenvalue weighted by atomic mass is 10.2. The van der Waals surface area contributed by atoms with E-state index in [1.807, 2.05) is 6.92 Å². The SMILES string of the molecule is CCCNc1nc(C)c([N+](=O)[O-])c(SC2CCOCC2)n1. The normalized spacial score (nSPS) is 15.9. The van der Waals surface area contributed by atoms with Crippen LogP contribution in [0.1, 0.15) is 31.9 Å². The summed E-state index contributed by atoms with van der Waals surface area (Å²) in [5, 5.41) is 15.1. The molecule has 21 heavy (non-hydrogen) atoms. The molecule has 0 saturated carbocycles. The van der Waals surface area contributed by atoms with E-state index in [1.54, 1.807) is 6.92 Å². The molecule has 0 aromatic carbocycles. The molecule has 2 heterocycles. The summed E-state index contributed by atoms with van der Waals surface area (Å²) in [6.45, 7) is 5.86. The second kappa shape index (κ2) is 7.56. The third kappa shape index (κ3) is 4.28. The summed E-state index contributed by atoms with van der Waals surface area (Å²) in [7, 11) is 0. The van der Waals surface area contributed by atoms with Gasteiger partial charge in [-0.2, -0.15) is 4.98 Å². The van der Waals surface area contributed by atoms with Gasteiger partial charge in [-0.25, -0.2) is 4.98 Å². The van der Waals surface area contributed by atoms with Gasteiger partial charge in [-0.3, -0.25) is 10.1 Å². The number of ether oxygens (including phenoxy) is 1. The van der Waals surface area contributed by atoms with Crippen LogP contribution in [0.25, 0.3) is 0 Å². The molecule has 0 unspecified atom stereocenters. The molecular weight excluding hydrogens is 292 g/mol. The largest absolute Gasteiger partial charge is 0.381 e. The summed E-state index contributed by atoms with van der Waals surface area (Å²) in [4.78, 5) is 19.4. The van der Waals surface area contributed by atoms with Gasteiger partial charge in [-0.05, 0) is 26.2 Å². The zero-order chi connectivity index (χ0) is 15.2. The average molecular weight is 312 g/mol. The number of hydrogen-bond donors (Lipinski definition) is 1. The van der Waals surface area contributed by atoms with Gasteiger partial charge in [0.05, 0.1) is 4.92 Å². The maximum Gasteiger partial charge on any atom is 0.322 e. The molecule has 1 aromatic rings. The number of nitro groups is 1. The standard InChI is InChI=1S/C13H20N4O3S/c1-3-6-14-13-15-9(2)11(17(18)19)12(16-13)21-10-4-7-20-8-5-10/h10H,3-8H2,1-2H3,(H,14,15,16). The molecule has 0 amide bonds. The van der Waals surface area contributed by atoms with Gasteiger partial charge in [0, 0.05) is 25.0 Å². The third-order valence-corrected chi connectivity index (χ3v) is 4.50. The van der Waals surface area contributed by atoms with Crippen LogP contribution in [0.5, 0.6) is 0 Å². The first-order chi connectivity index (χ1) is 10.1. The van der Waals surface area contributed by atoms with Crippen LogP contribution in [0, 0.1) is 17.0 Å². The molecule has 116 valence electrons. The Labute approximate surface area is 128 Å². The van der Waals surface area contributed by atoms with E-state index in [-0.39, 0.29) is 10.6 Å². The van der Waals surface area contributed by atoms with E-state index in [4.69, 9.17) is 4.74 Å². The van der Waals surface area contributed by atoms with Crippen molar-refractivity contribution in [1.82, 2.24) is 9.97 Å². The van der Waals surface area contributed by atoms with Crippen LogP contribution >= 0.6 is 11.8 Å². The Morgan fingerprint density at radius 3 is 2.76 bits per heavy atom. The van der Waals surface area contributed by atoms with Crippen molar-refractivity contribution in [2.45, 2.75) is 43.4 Å². The van der Waals surface area contributed by atoms with Gasteiger partial charge in [0.2, 0.25) is 5.95 Å². The zero-order valence-corrected chi connectivity index (χ0v) is 13.1. The van der Waals surface area contributed by atoms with Crippen LogP contribution in [0.15, 0.2) is 5.03 Å². The average Bonchev–Trinajstić information content (AvgIpc) is 2.45. The Balaban J connectivity index is 2.25. The minimum atomic E-state index is -0.388. The van der Waals surface area contributed by atoms with E-state index < -0.39 is 0 Å². The summed E-state index contributed by atoms with van der Waals surface area (Å²) in [6, 6.07) is 0. The highest BCUT2D eigenvalue weighted by Gasteiger charge is 2.26. The molecule has 0 atom stereocenters. The van der Waals surface area contributed by atoms with E-state index in [1.165, 1.54) is 11.8 Å². The Bertz CT molecular complexity index is 506. The Kier molecular flexibility index (Phi) is 5.75. The van der Waals surface area contributed by atoms with Gasteiger partial charge >= 0.3 is 5.69 Å². The van der Waals surface area contributed by atoms with Crippen LogP contribution in [-0.2, 0) is 4.74 Å². The summed E-state index contributed by atoms with van der Waals surface area (Å²) >= 11 is 1.47. The monoisotopic (exact) mass is 312 g/mol. The van der Waals surface area contributed by atoms with Gasteiger partial charge in [-0.15, -0.1) is 0 Å². The number of rotatable bonds is 6. The topological polar surface area (TPSA) is 90.2 Å². The highest BCUT2D eigenvalue weighted by Crippen LogP contribution is 2.36. The predicted molar refractivity (Wildman–Crippen MR) is 81.9 cm³/mol. The Hall–Kier alpha value is -1.41. The van der Waals surface area contributed by atoms with Crippen molar-refractivity contribution in [3.05, 3.63) is 15.8 Å². The summed E-state index contributed by atoms with van der Waals surface area (Å²) < 4.78 is 5.32. The van der Waals surface area contributed by atoms with Gasteiger partial charge in [-0.1, -0.05) is 18.7 Å². The molecule has 1 fully saturated rings. The van der Waals surface area contributed by atoms with Crippen molar-refractivity contribution >= 4 is 23.4 Å². The van der Waals surface area contributed by atoms with E-state index >= 15 is 0 Å². The second-order valence-corrected chi connectivity index (χ2v) is 6.19. The van der Waals surface area contributed by atoms with Gasteiger partial charge in [0.1, 0.15) is 5.69 Å². The van der Waals surface area contributed by atoms with Crippen molar-refractivity contribution in [3.8, 4) is 0 Å². The lowest BCUT2D eigenvalue weighted by Gasteiger charge is -2.21. The number of aromatic nitrogens is 2. The molecule has 1 aromatic heterocycles. The lowest BCUT2D eigenvalue weighted by molar-refractivity contribution is -0.389. The molecule has 0 bridgehead atoms. The summed E-state index contributed by atoms with van der Waals surface area (Å²) in [5.74, 6) is 0.467. The first-order valence-corrected chi connectivity index (χ1v) is 8.01. The molecule has 1 N–H and O–H groups in total. The minimum Gasteiger partial charge on any atom is -0.381 e. The Morgan fingerprint density at radius 2 is 2.14 bits per heavy atom. The van der Waals surface area contributed by atoms with Crippen molar-refractivity contribution < 1.29 is 9.66 Å². The van der Waals surface area contributed by atoms with Gasteiger partial charge < -0.3 is 10.1 Å². The van der Waals surface area contributed by atoms with Crippen LogP contribution < -0.4 is 5.32 Å². The smallest absolute Gasteiger partial charge is 0.322 e. The molecular formula is C13H20N4O3S. The van der Waals surface area contributed by atoms with Crippen molar-refractivity contribution in [2.75, 3.05) is 25.1 Å². The molecule has 0 radical (unpaired) electrons. The highest BCUT2D eigenvalue weighted by molar-refractivity contribution is 8.00. The number of aryl methyl sites for hydroxylation is 1. The van der Waals surface area contributed by atoms with E-state index in [0.29, 0.717) is 35.1 Å². The first kappa shape index (κ1) is 16.0. The maximum absolute atomic E-state index is 11.3. The summed E-state index contributed by atoms with van der Waals surface area (Å²) in [5.41, 5.74) is 0.428. The van der Waals surface area contributed by atoms with E-state index in [2.05, 4.69) is 15.3 Å². The summed E-state index contributed by atoms with van der Waals surface area (Å²) in [6.07, 6.45) is 2.73. The molecule has 0 spiro atoms. The van der Waals surface area contributed by atoms with Crippen LogP contribution in [-0.4, -0.2) is 39.9 Å². The predicted octanol–water partition coefficient (Wildman–Crippen LogP) is 2.79. The number of anilines is 1. The zero-order valence-electron chi connectivity index (χ0n) is 12.3. The fraction of sp³-hybridized carbons (Fsp3) is 0.692. The number of hydrogen-bond acceptors (Lipinski definition) is 7. The molecule has 7 nitrogen and oxygen atoms in total. The fourth-order valence-corrected chi connectivity index (χ4v) is 3.32. The van der Waals surface area contributed by atoms with Crippen molar-refractivity contribution in [2.24, 2.45) is 0 Å². The molecule has 2 rings (SSSR count). The second-order valence-electron chi connectivity index (χ2n) is 4.90. The number of thioether (sulfide) groups is 1. The lowest BCUT2D eigenvalue weighted by Crippen LogP contribution is -2.18. The first-order valence-electron chi connectivity index (χ1n) is 7.13. The Morgan fingerprint density at radius 1 is 1.43 bits per heavy atom. The minimum absolute atomic E-state index is 0.0218. The number of nitrogens with zero attached hydrogens (tertiary/aromatic N) is 3. The van der Waals surface area contributed by atoms with E-state index in [0.717, 1.165) is 25.8 Å². The molecule has 1 saturated heterocycles. The fourth-order valence-electron chi connectivity index (χ4n) is 2.10. The van der Waals surface area contributed by atoms with Gasteiger partial charge in [0.15, 0.2) is 5.03 Å². The number of nitrogens with one attached hydrogen (secondary N) is 1. The van der Waals surface area contributed by atoms with Crippen molar-refractivity contribution in [3.63, 3.8) is 0 Å². The third-order valence-electron chi connectivity index (χ3n) is 3.19. The molecule has 1 aliphatic rings. The van der Waals surface area contributed by atoms with Gasteiger partial charge in [0.25, 0.3) is 0 Å². The van der Waals surface area contributed by atoms with Crippen LogP contribution in [0.2, 0.25) is 0 Å². The molecule has 8 heteroatoms. The van der Waals surface area contributed by atoms with Crippen molar-refractivity contribution in [1.29, 1.82) is 0 Å². The molecule has 0 aliphatic carbocycles.